The molecule has 0 aliphatic heterocycles. The van der Waals surface area contributed by atoms with Gasteiger partial charge in [0.05, 0.1) is 16.6 Å². The summed E-state index contributed by atoms with van der Waals surface area (Å²) in [5, 5.41) is 3.17. The van der Waals surface area contributed by atoms with Gasteiger partial charge >= 0.3 is 6.18 Å². The monoisotopic (exact) mass is 383 g/mol. The Balaban J connectivity index is 1.54. The van der Waals surface area contributed by atoms with Gasteiger partial charge in [-0.3, -0.25) is 4.57 Å². The maximum atomic E-state index is 12.9. The topological polar surface area (TPSA) is 55.6 Å². The van der Waals surface area contributed by atoms with E-state index in [0.29, 0.717) is 23.8 Å². The molecule has 0 spiro atoms. The Labute approximate surface area is 158 Å². The number of hydrogen-bond donors (Lipinski definition) is 1. The molecule has 0 saturated heterocycles. The summed E-state index contributed by atoms with van der Waals surface area (Å²) in [6.07, 6.45) is -0.518. The molecule has 2 aromatic heterocycles. The van der Waals surface area contributed by atoms with Crippen LogP contribution in [0.3, 0.4) is 0 Å². The molecule has 2 heterocycles. The van der Waals surface area contributed by atoms with Gasteiger partial charge in [0, 0.05) is 12.7 Å². The van der Waals surface area contributed by atoms with E-state index in [9.17, 15) is 13.2 Å². The zero-order chi connectivity index (χ0) is 19.6. The van der Waals surface area contributed by atoms with Crippen LogP contribution in [-0.2, 0) is 12.6 Å². The Hall–Kier alpha value is -3.42. The number of imidazole rings is 1. The van der Waals surface area contributed by atoms with Gasteiger partial charge in [-0.2, -0.15) is 18.2 Å². The van der Waals surface area contributed by atoms with Crippen molar-refractivity contribution in [3.63, 3.8) is 0 Å². The molecular weight excluding hydrogens is 367 g/mol. The maximum Gasteiger partial charge on any atom is 0.416 e. The molecule has 0 saturated carbocycles. The van der Waals surface area contributed by atoms with Crippen molar-refractivity contribution < 1.29 is 13.2 Å². The Morgan fingerprint density at radius 1 is 0.964 bits per heavy atom. The molecule has 0 aliphatic carbocycles. The summed E-state index contributed by atoms with van der Waals surface area (Å²) >= 11 is 0. The van der Waals surface area contributed by atoms with Gasteiger partial charge in [-0.1, -0.05) is 30.3 Å². The fraction of sp³-hybridized carbons (Fsp3) is 0.150. The standard InChI is InChI=1S/C20H16F3N5/c21-20(22,23)15-6-7-17-16(12-15)26-13-28(17)18-9-11-25-19(27-18)24-10-8-14-4-2-1-3-5-14/h1-7,9,11-13H,8,10H2,(H,24,25,27). The van der Waals surface area contributed by atoms with Gasteiger partial charge in [0.25, 0.3) is 0 Å². The maximum absolute atomic E-state index is 12.9. The Morgan fingerprint density at radius 3 is 2.57 bits per heavy atom. The van der Waals surface area contributed by atoms with Crippen LogP contribution >= 0.6 is 0 Å². The molecular formula is C20H16F3N5. The van der Waals surface area contributed by atoms with Gasteiger partial charge in [-0.05, 0) is 36.2 Å². The highest BCUT2D eigenvalue weighted by atomic mass is 19.4. The number of fused-ring (bicyclic) bond motifs is 1. The first-order valence-corrected chi connectivity index (χ1v) is 8.66. The van der Waals surface area contributed by atoms with Gasteiger partial charge < -0.3 is 5.32 Å². The molecule has 2 aromatic carbocycles. The summed E-state index contributed by atoms with van der Waals surface area (Å²) in [5.41, 5.74) is 1.28. The average Bonchev–Trinajstić information content (AvgIpc) is 3.12. The minimum Gasteiger partial charge on any atom is -0.354 e. The van der Waals surface area contributed by atoms with Crippen LogP contribution in [0.2, 0.25) is 0 Å². The van der Waals surface area contributed by atoms with Gasteiger partial charge in [-0.15, -0.1) is 0 Å². The Kier molecular flexibility index (Phi) is 4.68. The van der Waals surface area contributed by atoms with Crippen LogP contribution < -0.4 is 5.32 Å². The van der Waals surface area contributed by atoms with E-state index in [-0.39, 0.29) is 5.52 Å². The van der Waals surface area contributed by atoms with E-state index in [0.717, 1.165) is 18.6 Å². The van der Waals surface area contributed by atoms with Gasteiger partial charge in [0.15, 0.2) is 0 Å². The van der Waals surface area contributed by atoms with E-state index >= 15 is 0 Å². The summed E-state index contributed by atoms with van der Waals surface area (Å²) in [7, 11) is 0. The van der Waals surface area contributed by atoms with Gasteiger partial charge in [0.1, 0.15) is 12.1 Å². The van der Waals surface area contributed by atoms with Crippen LogP contribution in [0.5, 0.6) is 0 Å². The van der Waals surface area contributed by atoms with Crippen molar-refractivity contribution in [1.82, 2.24) is 19.5 Å². The average molecular weight is 383 g/mol. The molecule has 0 bridgehead atoms. The third-order valence-corrected chi connectivity index (χ3v) is 4.30. The van der Waals surface area contributed by atoms with Crippen molar-refractivity contribution in [2.75, 3.05) is 11.9 Å². The summed E-state index contributed by atoms with van der Waals surface area (Å²) in [6, 6.07) is 15.2. The third-order valence-electron chi connectivity index (χ3n) is 4.30. The van der Waals surface area contributed by atoms with Crippen molar-refractivity contribution in [3.05, 3.63) is 78.2 Å². The van der Waals surface area contributed by atoms with E-state index < -0.39 is 11.7 Å². The van der Waals surface area contributed by atoms with Gasteiger partial charge in [0.2, 0.25) is 5.95 Å². The highest BCUT2D eigenvalue weighted by Gasteiger charge is 2.30. The predicted octanol–water partition coefficient (Wildman–Crippen LogP) is 4.49. The fourth-order valence-electron chi connectivity index (χ4n) is 2.90. The van der Waals surface area contributed by atoms with Crippen molar-refractivity contribution >= 4 is 17.0 Å². The number of anilines is 1. The van der Waals surface area contributed by atoms with Crippen molar-refractivity contribution in [3.8, 4) is 5.82 Å². The van der Waals surface area contributed by atoms with Crippen LogP contribution in [0.1, 0.15) is 11.1 Å². The third kappa shape index (κ3) is 3.80. The molecule has 0 aliphatic rings. The van der Waals surface area contributed by atoms with Crippen LogP contribution in [0, 0.1) is 0 Å². The number of aromatic nitrogens is 4. The number of nitrogens with zero attached hydrogens (tertiary/aromatic N) is 4. The molecule has 0 fully saturated rings. The molecule has 0 amide bonds. The van der Waals surface area contributed by atoms with Gasteiger partial charge in [-0.25, -0.2) is 9.97 Å². The Morgan fingerprint density at radius 2 is 1.79 bits per heavy atom. The molecule has 0 unspecified atom stereocenters. The van der Waals surface area contributed by atoms with Crippen LogP contribution in [0.4, 0.5) is 19.1 Å². The minimum absolute atomic E-state index is 0.257. The van der Waals surface area contributed by atoms with Crippen molar-refractivity contribution in [2.24, 2.45) is 0 Å². The van der Waals surface area contributed by atoms with E-state index in [4.69, 9.17) is 0 Å². The van der Waals surface area contributed by atoms with Crippen LogP contribution in [0.25, 0.3) is 16.9 Å². The second kappa shape index (κ2) is 7.30. The summed E-state index contributed by atoms with van der Waals surface area (Å²) in [6.45, 7) is 0.660. The zero-order valence-corrected chi connectivity index (χ0v) is 14.7. The normalized spacial score (nSPS) is 11.7. The molecule has 5 nitrogen and oxygen atoms in total. The summed E-state index contributed by atoms with van der Waals surface area (Å²) in [5.74, 6) is 0.974. The number of rotatable bonds is 5. The first-order valence-electron chi connectivity index (χ1n) is 8.66. The second-order valence-electron chi connectivity index (χ2n) is 6.22. The predicted molar refractivity (Wildman–Crippen MR) is 100 cm³/mol. The number of benzene rings is 2. The molecule has 4 rings (SSSR count). The number of hydrogen-bond acceptors (Lipinski definition) is 4. The van der Waals surface area contributed by atoms with E-state index in [2.05, 4.69) is 20.3 Å². The number of halogens is 3. The SMILES string of the molecule is FC(F)(F)c1ccc2c(c1)ncn2-c1ccnc(NCCc2ccccc2)n1. The van der Waals surface area contributed by atoms with E-state index in [1.54, 1.807) is 16.8 Å². The summed E-state index contributed by atoms with van der Waals surface area (Å²) < 4.78 is 40.3. The van der Waals surface area contributed by atoms with Crippen LogP contribution in [-0.4, -0.2) is 26.1 Å². The summed E-state index contributed by atoms with van der Waals surface area (Å²) in [4.78, 5) is 12.7. The lowest BCUT2D eigenvalue weighted by atomic mass is 10.1. The largest absolute Gasteiger partial charge is 0.416 e. The number of alkyl halides is 3. The smallest absolute Gasteiger partial charge is 0.354 e. The zero-order valence-electron chi connectivity index (χ0n) is 14.7. The highest BCUT2D eigenvalue weighted by molar-refractivity contribution is 5.78. The molecule has 28 heavy (non-hydrogen) atoms. The molecule has 8 heteroatoms. The first kappa shape index (κ1) is 18.0. The molecule has 0 radical (unpaired) electrons. The Bertz CT molecular complexity index is 1090. The first-order chi connectivity index (χ1) is 13.5. The quantitative estimate of drug-likeness (QED) is 0.552. The van der Waals surface area contributed by atoms with E-state index in [1.165, 1.54) is 18.0 Å². The molecule has 4 aromatic rings. The molecule has 1 N–H and O–H groups in total. The second-order valence-corrected chi connectivity index (χ2v) is 6.22. The lowest BCUT2D eigenvalue weighted by Gasteiger charge is -2.09. The van der Waals surface area contributed by atoms with Crippen molar-refractivity contribution in [2.45, 2.75) is 12.6 Å². The molecule has 0 atom stereocenters. The lowest BCUT2D eigenvalue weighted by Crippen LogP contribution is -2.09. The lowest BCUT2D eigenvalue weighted by molar-refractivity contribution is -0.137. The number of nitrogens with one attached hydrogen (secondary N) is 1. The highest BCUT2D eigenvalue weighted by Crippen LogP contribution is 2.31. The van der Waals surface area contributed by atoms with Crippen LogP contribution in [0.15, 0.2) is 67.1 Å². The fourth-order valence-corrected chi connectivity index (χ4v) is 2.90. The minimum atomic E-state index is -4.40. The van der Waals surface area contributed by atoms with E-state index in [1.807, 2.05) is 30.3 Å². The molecule has 142 valence electrons. The van der Waals surface area contributed by atoms with Crippen molar-refractivity contribution in [1.29, 1.82) is 0 Å².